The standard InChI is InChI=1S/C15H25N3O2S/c1-10(2)9-18(8-7-17(3)4)15-16-13-11(14(19)20)5-6-12(13)21-15/h10-11H,5-9H2,1-4H3,(H,19,20). The van der Waals surface area contributed by atoms with Gasteiger partial charge in [0.1, 0.15) is 5.92 Å². The summed E-state index contributed by atoms with van der Waals surface area (Å²) in [7, 11) is 4.13. The number of anilines is 1. The van der Waals surface area contributed by atoms with E-state index in [4.69, 9.17) is 0 Å². The Morgan fingerprint density at radius 2 is 2.14 bits per heavy atom. The van der Waals surface area contributed by atoms with Crippen molar-refractivity contribution in [3.63, 3.8) is 0 Å². The molecule has 0 amide bonds. The second-order valence-corrected chi connectivity index (χ2v) is 7.44. The third kappa shape index (κ3) is 3.95. The Hall–Kier alpha value is -1.14. The van der Waals surface area contributed by atoms with Gasteiger partial charge in [0, 0.05) is 24.5 Å². The number of hydrogen-bond donors (Lipinski definition) is 1. The lowest BCUT2D eigenvalue weighted by Crippen LogP contribution is -2.34. The van der Waals surface area contributed by atoms with E-state index in [1.807, 2.05) is 0 Å². The van der Waals surface area contributed by atoms with Gasteiger partial charge in [-0.05, 0) is 32.9 Å². The summed E-state index contributed by atoms with van der Waals surface area (Å²) in [5.74, 6) is -0.588. The SMILES string of the molecule is CC(C)CN(CCN(C)C)c1nc2c(s1)CCC2C(=O)O. The number of rotatable bonds is 7. The Balaban J connectivity index is 2.17. The van der Waals surface area contributed by atoms with Crippen molar-refractivity contribution in [2.75, 3.05) is 38.6 Å². The number of aliphatic carboxylic acids is 1. The number of carbonyl (C=O) groups is 1. The van der Waals surface area contributed by atoms with Gasteiger partial charge in [-0.15, -0.1) is 11.3 Å². The van der Waals surface area contributed by atoms with Crippen molar-refractivity contribution in [3.05, 3.63) is 10.6 Å². The van der Waals surface area contributed by atoms with Crippen molar-refractivity contribution in [1.82, 2.24) is 9.88 Å². The monoisotopic (exact) mass is 311 g/mol. The van der Waals surface area contributed by atoms with E-state index in [0.717, 1.165) is 41.8 Å². The fourth-order valence-electron chi connectivity index (χ4n) is 2.62. The molecule has 1 atom stereocenters. The molecule has 1 aliphatic carbocycles. The van der Waals surface area contributed by atoms with Crippen molar-refractivity contribution in [1.29, 1.82) is 0 Å². The predicted molar refractivity (Wildman–Crippen MR) is 86.4 cm³/mol. The van der Waals surface area contributed by atoms with Crippen molar-refractivity contribution in [3.8, 4) is 0 Å². The highest BCUT2D eigenvalue weighted by Gasteiger charge is 2.33. The topological polar surface area (TPSA) is 56.7 Å². The molecule has 1 heterocycles. The molecule has 0 saturated carbocycles. The summed E-state index contributed by atoms with van der Waals surface area (Å²) in [6.07, 6.45) is 1.55. The second-order valence-electron chi connectivity index (χ2n) is 6.38. The van der Waals surface area contributed by atoms with Crippen LogP contribution in [0.1, 0.15) is 36.8 Å². The van der Waals surface area contributed by atoms with Gasteiger partial charge in [-0.3, -0.25) is 4.79 Å². The summed E-state index contributed by atoms with van der Waals surface area (Å²) in [6.45, 7) is 7.25. The summed E-state index contributed by atoms with van der Waals surface area (Å²) in [6, 6.07) is 0. The van der Waals surface area contributed by atoms with Gasteiger partial charge in [-0.2, -0.15) is 0 Å². The molecule has 0 aliphatic heterocycles. The van der Waals surface area contributed by atoms with Crippen molar-refractivity contribution in [2.24, 2.45) is 5.92 Å². The van der Waals surface area contributed by atoms with Crippen LogP contribution in [0.2, 0.25) is 0 Å². The summed E-state index contributed by atoms with van der Waals surface area (Å²) in [5.41, 5.74) is 0.807. The van der Waals surface area contributed by atoms with Gasteiger partial charge >= 0.3 is 5.97 Å². The lowest BCUT2D eigenvalue weighted by Gasteiger charge is -2.25. The molecule has 1 aromatic heterocycles. The second kappa shape index (κ2) is 6.75. The Morgan fingerprint density at radius 1 is 1.43 bits per heavy atom. The van der Waals surface area contributed by atoms with Gasteiger partial charge in [0.2, 0.25) is 0 Å². The van der Waals surface area contributed by atoms with Gasteiger partial charge < -0.3 is 14.9 Å². The van der Waals surface area contributed by atoms with E-state index in [2.05, 4.69) is 42.7 Å². The summed E-state index contributed by atoms with van der Waals surface area (Å²) in [5, 5.41) is 10.3. The Labute approximate surface area is 130 Å². The minimum Gasteiger partial charge on any atom is -0.481 e. The molecule has 0 spiro atoms. The van der Waals surface area contributed by atoms with Crippen LogP contribution in [-0.4, -0.2) is 54.7 Å². The van der Waals surface area contributed by atoms with E-state index in [0.29, 0.717) is 12.3 Å². The maximum Gasteiger partial charge on any atom is 0.312 e. The average Bonchev–Trinajstić information content (AvgIpc) is 2.92. The zero-order chi connectivity index (χ0) is 15.6. The first-order chi connectivity index (χ1) is 9.88. The number of hydrogen-bond acceptors (Lipinski definition) is 5. The molecular formula is C15H25N3O2S. The summed E-state index contributed by atoms with van der Waals surface area (Å²) >= 11 is 1.68. The third-order valence-corrected chi connectivity index (χ3v) is 4.87. The minimum absolute atomic E-state index is 0.403. The maximum atomic E-state index is 11.3. The number of aromatic nitrogens is 1. The first-order valence-corrected chi connectivity index (χ1v) is 8.32. The quantitative estimate of drug-likeness (QED) is 0.837. The smallest absolute Gasteiger partial charge is 0.312 e. The number of thiazole rings is 1. The van der Waals surface area contributed by atoms with Gasteiger partial charge in [-0.1, -0.05) is 13.8 Å². The van der Waals surface area contributed by atoms with Crippen LogP contribution in [0.5, 0.6) is 0 Å². The van der Waals surface area contributed by atoms with Gasteiger partial charge in [0.25, 0.3) is 0 Å². The Morgan fingerprint density at radius 3 is 2.71 bits per heavy atom. The summed E-state index contributed by atoms with van der Waals surface area (Å²) < 4.78 is 0. The molecule has 6 heteroatoms. The van der Waals surface area contributed by atoms with Crippen LogP contribution in [0.3, 0.4) is 0 Å². The van der Waals surface area contributed by atoms with Crippen molar-refractivity contribution >= 4 is 22.4 Å². The fraction of sp³-hybridized carbons (Fsp3) is 0.733. The molecule has 0 radical (unpaired) electrons. The Bertz CT molecular complexity index is 499. The molecular weight excluding hydrogens is 286 g/mol. The number of aryl methyl sites for hydroxylation is 1. The molecule has 1 N–H and O–H groups in total. The molecule has 1 aliphatic rings. The average molecular weight is 311 g/mol. The molecule has 21 heavy (non-hydrogen) atoms. The van der Waals surface area contributed by atoms with Crippen LogP contribution < -0.4 is 4.90 Å². The van der Waals surface area contributed by atoms with Crippen LogP contribution in [0.25, 0.3) is 0 Å². The van der Waals surface area contributed by atoms with Crippen molar-refractivity contribution in [2.45, 2.75) is 32.6 Å². The number of likely N-dealkylation sites (N-methyl/N-ethyl adjacent to an activating group) is 1. The molecule has 2 rings (SSSR count). The van der Waals surface area contributed by atoms with Crippen molar-refractivity contribution < 1.29 is 9.90 Å². The van der Waals surface area contributed by atoms with Crippen LogP contribution in [0.15, 0.2) is 0 Å². The van der Waals surface area contributed by atoms with E-state index in [-0.39, 0.29) is 0 Å². The number of carboxylic acid groups (broad SMARTS) is 1. The lowest BCUT2D eigenvalue weighted by atomic mass is 10.1. The number of fused-ring (bicyclic) bond motifs is 1. The van der Waals surface area contributed by atoms with Gasteiger partial charge in [0.05, 0.1) is 5.69 Å². The number of carboxylic acids is 1. The molecule has 0 saturated heterocycles. The summed E-state index contributed by atoms with van der Waals surface area (Å²) in [4.78, 5) is 21.6. The molecule has 0 aromatic carbocycles. The molecule has 1 aromatic rings. The first kappa shape index (κ1) is 16.2. The third-order valence-electron chi connectivity index (χ3n) is 3.68. The fourth-order valence-corrected chi connectivity index (χ4v) is 3.79. The normalized spacial score (nSPS) is 17.5. The molecule has 1 unspecified atom stereocenters. The zero-order valence-electron chi connectivity index (χ0n) is 13.3. The maximum absolute atomic E-state index is 11.3. The largest absolute Gasteiger partial charge is 0.481 e. The lowest BCUT2D eigenvalue weighted by molar-refractivity contribution is -0.138. The highest BCUT2D eigenvalue weighted by Crippen LogP contribution is 2.39. The van der Waals surface area contributed by atoms with Crippen LogP contribution in [0.4, 0.5) is 5.13 Å². The van der Waals surface area contributed by atoms with Gasteiger partial charge in [0.15, 0.2) is 5.13 Å². The number of nitrogens with zero attached hydrogens (tertiary/aromatic N) is 3. The predicted octanol–water partition coefficient (Wildman–Crippen LogP) is 2.28. The van der Waals surface area contributed by atoms with E-state index >= 15 is 0 Å². The van der Waals surface area contributed by atoms with E-state index in [1.165, 1.54) is 0 Å². The molecule has 0 fully saturated rings. The molecule has 0 bridgehead atoms. The van der Waals surface area contributed by atoms with Gasteiger partial charge in [-0.25, -0.2) is 4.98 Å². The van der Waals surface area contributed by atoms with E-state index in [1.54, 1.807) is 11.3 Å². The highest BCUT2D eigenvalue weighted by atomic mass is 32.1. The minimum atomic E-state index is -0.741. The highest BCUT2D eigenvalue weighted by molar-refractivity contribution is 7.15. The van der Waals surface area contributed by atoms with Crippen LogP contribution in [-0.2, 0) is 11.2 Å². The molecule has 5 nitrogen and oxygen atoms in total. The van der Waals surface area contributed by atoms with E-state index in [9.17, 15) is 9.90 Å². The zero-order valence-corrected chi connectivity index (χ0v) is 14.1. The van der Waals surface area contributed by atoms with E-state index < -0.39 is 11.9 Å². The van der Waals surface area contributed by atoms with Crippen LogP contribution >= 0.6 is 11.3 Å². The first-order valence-electron chi connectivity index (χ1n) is 7.50. The Kier molecular flexibility index (Phi) is 5.22. The van der Waals surface area contributed by atoms with Crippen LogP contribution in [0, 0.1) is 5.92 Å². The molecule has 118 valence electrons.